The smallest absolute Gasteiger partial charge is 0.300 e. The number of carbonyl (C=O) groups is 5. The van der Waals surface area contributed by atoms with Gasteiger partial charge in [0.25, 0.3) is 29.8 Å². The molecule has 0 atom stereocenters. The maximum absolute atomic E-state index is 9.00. The van der Waals surface area contributed by atoms with Crippen LogP contribution in [0.5, 0.6) is 0 Å². The molecule has 0 aliphatic rings. The normalized spacial score (nSPS) is 7.63. The van der Waals surface area contributed by atoms with Crippen LogP contribution >= 0.6 is 12.6 Å². The third kappa shape index (κ3) is 179. The fourth-order valence-electron chi connectivity index (χ4n) is 1.41. The molecule has 15 heteroatoms. The number of nitriles is 1. The maximum Gasteiger partial charge on any atom is 0.300 e. The van der Waals surface area contributed by atoms with Gasteiger partial charge < -0.3 is 41.9 Å². The van der Waals surface area contributed by atoms with Crippen LogP contribution in [0.2, 0.25) is 0 Å². The predicted octanol–water partition coefficient (Wildman–Crippen LogP) is 1.22. The van der Waals surface area contributed by atoms with Crippen molar-refractivity contribution in [2.75, 3.05) is 32.7 Å². The van der Waals surface area contributed by atoms with Crippen molar-refractivity contribution in [2.24, 2.45) is 5.73 Å². The molecule has 0 aliphatic carbocycles. The molecule has 1 aromatic rings. The van der Waals surface area contributed by atoms with Crippen LogP contribution in [0.25, 0.3) is 0 Å². The molecule has 0 fully saturated rings. The number of rotatable bonds is 8. The number of thiocyanates is 1. The molecule has 0 heterocycles. The monoisotopic (exact) mass is 566 g/mol. The SMILES string of the molecule is CC(=O)O.CC(=O)O.CC(=O)O.CC(=O)O.CC(=O)O.N#CS.NCCNCCNCCc1ccccc1. The zero-order valence-corrected chi connectivity index (χ0v) is 23.3. The van der Waals surface area contributed by atoms with E-state index in [9.17, 15) is 0 Å². The lowest BCUT2D eigenvalue weighted by Crippen LogP contribution is -2.31. The van der Waals surface area contributed by atoms with Crippen molar-refractivity contribution in [3.63, 3.8) is 0 Å². The van der Waals surface area contributed by atoms with E-state index in [1.807, 2.05) is 6.07 Å². The standard InChI is InChI=1S/C12H21N3.5C2H4O2.CHNS/c13-7-9-15-11-10-14-8-6-12-4-2-1-3-5-12;5*1-2(3)4;2-1-3/h1-5,14-15H,6-11,13H2;5*1H3,(H,3,4);3H. The van der Waals surface area contributed by atoms with E-state index in [1.165, 1.54) is 11.0 Å². The number of aliphatic carboxylic acids is 5. The van der Waals surface area contributed by atoms with E-state index in [-0.39, 0.29) is 0 Å². The molecule has 220 valence electrons. The molecular formula is C23H42N4O10S. The van der Waals surface area contributed by atoms with E-state index in [1.54, 1.807) is 0 Å². The van der Waals surface area contributed by atoms with Crippen LogP contribution in [-0.4, -0.2) is 88.1 Å². The lowest BCUT2D eigenvalue weighted by Gasteiger charge is -2.05. The number of benzene rings is 1. The van der Waals surface area contributed by atoms with E-state index < -0.39 is 29.8 Å². The van der Waals surface area contributed by atoms with Crippen LogP contribution in [-0.2, 0) is 30.4 Å². The Kier molecular flexibility index (Phi) is 54.2. The first-order valence-corrected chi connectivity index (χ1v) is 11.1. The highest BCUT2D eigenvalue weighted by molar-refractivity contribution is 7.85. The zero-order valence-electron chi connectivity index (χ0n) is 22.4. The van der Waals surface area contributed by atoms with Gasteiger partial charge in [-0.1, -0.05) is 43.0 Å². The summed E-state index contributed by atoms with van der Waals surface area (Å²) in [6.45, 7) is 10.1. The van der Waals surface area contributed by atoms with E-state index in [0.29, 0.717) is 6.54 Å². The lowest BCUT2D eigenvalue weighted by atomic mass is 10.1. The number of carboxylic acid groups (broad SMARTS) is 5. The third-order valence-electron chi connectivity index (χ3n) is 2.23. The van der Waals surface area contributed by atoms with Gasteiger partial charge in [-0.05, 0) is 18.5 Å². The Hall–Kier alpha value is -3.71. The van der Waals surface area contributed by atoms with Crippen molar-refractivity contribution in [1.82, 2.24) is 10.6 Å². The van der Waals surface area contributed by atoms with Gasteiger partial charge in [0.1, 0.15) is 5.40 Å². The Morgan fingerprint density at radius 2 is 0.974 bits per heavy atom. The first-order chi connectivity index (χ1) is 17.5. The minimum Gasteiger partial charge on any atom is -0.481 e. The van der Waals surface area contributed by atoms with Gasteiger partial charge in [-0.25, -0.2) is 0 Å². The van der Waals surface area contributed by atoms with Gasteiger partial charge in [0.2, 0.25) is 0 Å². The van der Waals surface area contributed by atoms with Gasteiger partial charge >= 0.3 is 0 Å². The van der Waals surface area contributed by atoms with Crippen molar-refractivity contribution in [3.05, 3.63) is 35.9 Å². The van der Waals surface area contributed by atoms with Gasteiger partial charge in [0.15, 0.2) is 0 Å². The topological polar surface area (TPSA) is 260 Å². The molecule has 0 aromatic heterocycles. The zero-order chi connectivity index (χ0) is 31.4. The highest BCUT2D eigenvalue weighted by Gasteiger charge is 1.91. The largest absolute Gasteiger partial charge is 0.481 e. The van der Waals surface area contributed by atoms with Crippen molar-refractivity contribution < 1.29 is 49.5 Å². The molecule has 0 unspecified atom stereocenters. The highest BCUT2D eigenvalue weighted by Crippen LogP contribution is 1.97. The van der Waals surface area contributed by atoms with Gasteiger partial charge in [0.05, 0.1) is 0 Å². The number of hydrogen-bond donors (Lipinski definition) is 9. The molecule has 0 bridgehead atoms. The van der Waals surface area contributed by atoms with Crippen LogP contribution in [0.1, 0.15) is 40.2 Å². The van der Waals surface area contributed by atoms with Crippen molar-refractivity contribution in [3.8, 4) is 5.40 Å². The van der Waals surface area contributed by atoms with E-state index >= 15 is 0 Å². The van der Waals surface area contributed by atoms with E-state index in [0.717, 1.165) is 67.2 Å². The van der Waals surface area contributed by atoms with Crippen molar-refractivity contribution in [2.45, 2.75) is 41.0 Å². The number of nitrogens with two attached hydrogens (primary N) is 1. The molecule has 1 rings (SSSR count). The molecule has 9 N–H and O–H groups in total. The minimum atomic E-state index is -0.833. The van der Waals surface area contributed by atoms with Gasteiger partial charge in [-0.2, -0.15) is 5.26 Å². The van der Waals surface area contributed by atoms with Crippen LogP contribution in [0.3, 0.4) is 0 Å². The van der Waals surface area contributed by atoms with Crippen molar-refractivity contribution in [1.29, 1.82) is 5.26 Å². The molecule has 0 saturated carbocycles. The van der Waals surface area contributed by atoms with Crippen molar-refractivity contribution >= 4 is 42.5 Å². The fraction of sp³-hybridized carbons (Fsp3) is 0.478. The first kappa shape index (κ1) is 47.5. The van der Waals surface area contributed by atoms with Gasteiger partial charge in [0, 0.05) is 60.8 Å². The molecule has 38 heavy (non-hydrogen) atoms. The second-order valence-corrected chi connectivity index (χ2v) is 6.42. The summed E-state index contributed by atoms with van der Waals surface area (Å²) in [6.07, 6.45) is 1.09. The van der Waals surface area contributed by atoms with Gasteiger partial charge in [-0.3, -0.25) is 24.0 Å². The maximum atomic E-state index is 9.00. The average molecular weight is 567 g/mol. The molecule has 0 radical (unpaired) electrons. The Labute approximate surface area is 228 Å². The predicted molar refractivity (Wildman–Crippen MR) is 146 cm³/mol. The summed E-state index contributed by atoms with van der Waals surface area (Å²) in [4.78, 5) is 45.0. The number of carboxylic acids is 5. The van der Waals surface area contributed by atoms with Crippen LogP contribution in [0, 0.1) is 10.7 Å². The summed E-state index contributed by atoms with van der Waals surface area (Å²) in [5, 5.41) is 52.3. The minimum absolute atomic E-state index is 0.712. The molecule has 0 aliphatic heterocycles. The average Bonchev–Trinajstić information content (AvgIpc) is 2.72. The number of hydrogen-bond acceptors (Lipinski definition) is 10. The summed E-state index contributed by atoms with van der Waals surface area (Å²) in [7, 11) is 0. The summed E-state index contributed by atoms with van der Waals surface area (Å²) in [5.74, 6) is -4.17. The number of thiol groups is 1. The Bertz CT molecular complexity index is 656. The number of nitrogens with one attached hydrogen (secondary N) is 2. The molecule has 0 saturated heterocycles. The second kappa shape index (κ2) is 43.4. The Morgan fingerprint density at radius 3 is 1.24 bits per heavy atom. The summed E-state index contributed by atoms with van der Waals surface area (Å²) < 4.78 is 0. The molecule has 1 aromatic carbocycles. The Balaban J connectivity index is -0.0000000920. The van der Waals surface area contributed by atoms with Crippen LogP contribution in [0.4, 0.5) is 0 Å². The summed E-state index contributed by atoms with van der Waals surface area (Å²) in [5.41, 5.74) is 6.75. The van der Waals surface area contributed by atoms with E-state index in [4.69, 9.17) is 60.5 Å². The molecule has 0 spiro atoms. The highest BCUT2D eigenvalue weighted by atomic mass is 32.1. The third-order valence-corrected chi connectivity index (χ3v) is 2.23. The first-order valence-electron chi connectivity index (χ1n) is 10.7. The summed E-state index contributed by atoms with van der Waals surface area (Å²) >= 11 is 3.09. The molecular weight excluding hydrogens is 524 g/mol. The fourth-order valence-corrected chi connectivity index (χ4v) is 1.41. The van der Waals surface area contributed by atoms with Gasteiger partial charge in [-0.15, -0.1) is 0 Å². The van der Waals surface area contributed by atoms with E-state index in [2.05, 4.69) is 47.5 Å². The summed E-state index contributed by atoms with van der Waals surface area (Å²) in [6, 6.07) is 10.5. The quantitative estimate of drug-likeness (QED) is 0.122. The van der Waals surface area contributed by atoms with Crippen LogP contribution in [0.15, 0.2) is 30.3 Å². The molecule has 14 nitrogen and oxygen atoms in total. The van der Waals surface area contributed by atoms with Crippen LogP contribution < -0.4 is 16.4 Å². The lowest BCUT2D eigenvalue weighted by molar-refractivity contribution is -0.135. The molecule has 0 amide bonds. The second-order valence-electron chi connectivity index (χ2n) is 6.22. The number of nitrogens with zero attached hydrogens (tertiary/aromatic N) is 1. The Morgan fingerprint density at radius 1 is 0.711 bits per heavy atom.